The second-order valence-electron chi connectivity index (χ2n) is 5.59. The second-order valence-corrected chi connectivity index (χ2v) is 6.00. The predicted molar refractivity (Wildman–Crippen MR) is 103 cm³/mol. The number of benzene rings is 2. The molecule has 3 nitrogen and oxygen atoms in total. The minimum atomic E-state index is -0.0107. The van der Waals surface area contributed by atoms with E-state index in [9.17, 15) is 0 Å². The molecule has 120 valence electrons. The van der Waals surface area contributed by atoms with Crippen LogP contribution in [0.2, 0.25) is 0 Å². The third-order valence-corrected chi connectivity index (χ3v) is 3.96. The molecule has 0 saturated carbocycles. The van der Waals surface area contributed by atoms with Gasteiger partial charge < -0.3 is 10.6 Å². The Morgan fingerprint density at radius 3 is 2.29 bits per heavy atom. The van der Waals surface area contributed by atoms with Crippen molar-refractivity contribution in [1.29, 1.82) is 0 Å². The quantitative estimate of drug-likeness (QED) is 0.691. The summed E-state index contributed by atoms with van der Waals surface area (Å²) in [7, 11) is 0. The molecule has 0 spiro atoms. The molecule has 1 heterocycles. The lowest BCUT2D eigenvalue weighted by Gasteiger charge is -2.22. The topological polar surface area (TPSA) is 37.0 Å². The van der Waals surface area contributed by atoms with Crippen molar-refractivity contribution < 1.29 is 0 Å². The SMILES string of the molecule is Cc1ccc([C@@H](NC(=S)Nc2cccnc2)c2ccccc2)cc1. The van der Waals surface area contributed by atoms with Crippen molar-refractivity contribution in [3.05, 3.63) is 95.8 Å². The van der Waals surface area contributed by atoms with Crippen molar-refractivity contribution in [3.63, 3.8) is 0 Å². The van der Waals surface area contributed by atoms with Gasteiger partial charge in [-0.25, -0.2) is 0 Å². The molecule has 1 atom stereocenters. The normalized spacial score (nSPS) is 11.5. The summed E-state index contributed by atoms with van der Waals surface area (Å²) in [4.78, 5) is 4.09. The van der Waals surface area contributed by atoms with Gasteiger partial charge in [-0.05, 0) is 42.4 Å². The molecule has 0 aliphatic rings. The Balaban J connectivity index is 1.82. The third kappa shape index (κ3) is 4.18. The van der Waals surface area contributed by atoms with Crippen molar-refractivity contribution in [3.8, 4) is 0 Å². The standard InChI is InChI=1S/C20H19N3S/c1-15-9-11-17(12-10-15)19(16-6-3-2-4-7-16)23-20(24)22-18-8-5-13-21-14-18/h2-14,19H,1H3,(H2,22,23,24)/t19-/m0/s1. The van der Waals surface area contributed by atoms with Gasteiger partial charge in [0, 0.05) is 6.20 Å². The molecule has 1 aromatic heterocycles. The molecule has 3 aromatic rings. The number of anilines is 1. The Bertz CT molecular complexity index is 786. The van der Waals surface area contributed by atoms with Gasteiger partial charge in [0.25, 0.3) is 0 Å². The summed E-state index contributed by atoms with van der Waals surface area (Å²) in [5.74, 6) is 0. The molecular formula is C20H19N3S. The van der Waals surface area contributed by atoms with Gasteiger partial charge in [0.2, 0.25) is 0 Å². The molecule has 24 heavy (non-hydrogen) atoms. The second kappa shape index (κ2) is 7.70. The fourth-order valence-electron chi connectivity index (χ4n) is 2.50. The molecule has 0 aliphatic heterocycles. The maximum Gasteiger partial charge on any atom is 0.171 e. The predicted octanol–water partition coefficient (Wildman–Crippen LogP) is 4.47. The molecule has 0 aliphatic carbocycles. The van der Waals surface area contributed by atoms with E-state index in [-0.39, 0.29) is 6.04 Å². The van der Waals surface area contributed by atoms with Crippen molar-refractivity contribution in [2.75, 3.05) is 5.32 Å². The summed E-state index contributed by atoms with van der Waals surface area (Å²) in [6, 6.07) is 22.6. The van der Waals surface area contributed by atoms with Crippen LogP contribution in [0.3, 0.4) is 0 Å². The average molecular weight is 333 g/mol. The Morgan fingerprint density at radius 2 is 1.62 bits per heavy atom. The van der Waals surface area contributed by atoms with E-state index >= 15 is 0 Å². The van der Waals surface area contributed by atoms with Crippen LogP contribution < -0.4 is 10.6 Å². The summed E-state index contributed by atoms with van der Waals surface area (Å²) < 4.78 is 0. The number of rotatable bonds is 4. The van der Waals surface area contributed by atoms with E-state index < -0.39 is 0 Å². The molecule has 0 bridgehead atoms. The fourth-order valence-corrected chi connectivity index (χ4v) is 2.73. The summed E-state index contributed by atoms with van der Waals surface area (Å²) >= 11 is 5.49. The van der Waals surface area contributed by atoms with E-state index in [1.807, 2.05) is 30.3 Å². The van der Waals surface area contributed by atoms with Crippen LogP contribution in [-0.2, 0) is 0 Å². The molecule has 4 heteroatoms. The van der Waals surface area contributed by atoms with Crippen LogP contribution in [0.25, 0.3) is 0 Å². The van der Waals surface area contributed by atoms with E-state index in [1.54, 1.807) is 12.4 Å². The minimum absolute atomic E-state index is 0.0107. The first-order chi connectivity index (χ1) is 11.7. The van der Waals surface area contributed by atoms with E-state index in [4.69, 9.17) is 12.2 Å². The highest BCUT2D eigenvalue weighted by Crippen LogP contribution is 2.22. The van der Waals surface area contributed by atoms with Gasteiger partial charge in [0.1, 0.15) is 0 Å². The Kier molecular flexibility index (Phi) is 5.18. The first kappa shape index (κ1) is 16.1. The van der Waals surface area contributed by atoms with E-state index in [1.165, 1.54) is 11.1 Å². The number of hydrogen-bond donors (Lipinski definition) is 2. The number of thiocarbonyl (C=S) groups is 1. The number of aromatic nitrogens is 1. The third-order valence-electron chi connectivity index (χ3n) is 3.74. The molecule has 0 fully saturated rings. The van der Waals surface area contributed by atoms with Gasteiger partial charge in [-0.2, -0.15) is 0 Å². The molecule has 0 saturated heterocycles. The van der Waals surface area contributed by atoms with Crippen LogP contribution in [0.15, 0.2) is 79.1 Å². The summed E-state index contributed by atoms with van der Waals surface area (Å²) in [6.45, 7) is 2.09. The maximum absolute atomic E-state index is 5.49. The van der Waals surface area contributed by atoms with Crippen molar-refractivity contribution in [2.45, 2.75) is 13.0 Å². The van der Waals surface area contributed by atoms with E-state index in [0.29, 0.717) is 5.11 Å². The Labute approximate surface area is 147 Å². The Morgan fingerprint density at radius 1 is 0.917 bits per heavy atom. The fraction of sp³-hybridized carbons (Fsp3) is 0.100. The minimum Gasteiger partial charge on any atom is -0.352 e. The van der Waals surface area contributed by atoms with Crippen LogP contribution in [0.4, 0.5) is 5.69 Å². The van der Waals surface area contributed by atoms with Crippen LogP contribution in [0, 0.1) is 6.92 Å². The number of pyridine rings is 1. The number of aryl methyl sites for hydroxylation is 1. The van der Waals surface area contributed by atoms with Crippen molar-refractivity contribution >= 4 is 23.0 Å². The zero-order valence-corrected chi connectivity index (χ0v) is 14.3. The van der Waals surface area contributed by atoms with Gasteiger partial charge >= 0.3 is 0 Å². The van der Waals surface area contributed by atoms with Gasteiger partial charge in [0.05, 0.1) is 17.9 Å². The highest BCUT2D eigenvalue weighted by molar-refractivity contribution is 7.80. The van der Waals surface area contributed by atoms with E-state index in [2.05, 4.69) is 58.9 Å². The Hall–Kier alpha value is -2.72. The highest BCUT2D eigenvalue weighted by atomic mass is 32.1. The van der Waals surface area contributed by atoms with Crippen LogP contribution in [0.5, 0.6) is 0 Å². The zero-order chi connectivity index (χ0) is 16.8. The summed E-state index contributed by atoms with van der Waals surface area (Å²) in [5.41, 5.74) is 4.44. The first-order valence-corrected chi connectivity index (χ1v) is 8.22. The molecule has 0 amide bonds. The number of nitrogens with zero attached hydrogens (tertiary/aromatic N) is 1. The number of nitrogens with one attached hydrogen (secondary N) is 2. The van der Waals surface area contributed by atoms with Crippen molar-refractivity contribution in [2.24, 2.45) is 0 Å². The summed E-state index contributed by atoms with van der Waals surface area (Å²) in [5, 5.41) is 7.16. The maximum atomic E-state index is 5.49. The molecule has 0 unspecified atom stereocenters. The molecule has 2 aromatic carbocycles. The largest absolute Gasteiger partial charge is 0.352 e. The van der Waals surface area contributed by atoms with Crippen LogP contribution in [0.1, 0.15) is 22.7 Å². The lowest BCUT2D eigenvalue weighted by Crippen LogP contribution is -2.33. The van der Waals surface area contributed by atoms with Crippen LogP contribution in [-0.4, -0.2) is 10.1 Å². The zero-order valence-electron chi connectivity index (χ0n) is 13.4. The lowest BCUT2D eigenvalue weighted by atomic mass is 9.98. The molecule has 3 rings (SSSR count). The molecule has 2 N–H and O–H groups in total. The number of hydrogen-bond acceptors (Lipinski definition) is 2. The van der Waals surface area contributed by atoms with Gasteiger partial charge in [-0.1, -0.05) is 60.2 Å². The highest BCUT2D eigenvalue weighted by Gasteiger charge is 2.15. The van der Waals surface area contributed by atoms with Crippen LogP contribution >= 0.6 is 12.2 Å². The molecule has 0 radical (unpaired) electrons. The monoisotopic (exact) mass is 333 g/mol. The van der Waals surface area contributed by atoms with Gasteiger partial charge in [-0.15, -0.1) is 0 Å². The van der Waals surface area contributed by atoms with E-state index in [0.717, 1.165) is 11.3 Å². The van der Waals surface area contributed by atoms with Crippen molar-refractivity contribution in [1.82, 2.24) is 10.3 Å². The molecular weight excluding hydrogens is 314 g/mol. The lowest BCUT2D eigenvalue weighted by molar-refractivity contribution is 0.768. The summed E-state index contributed by atoms with van der Waals surface area (Å²) in [6.07, 6.45) is 3.48. The average Bonchev–Trinajstić information content (AvgIpc) is 2.62. The smallest absolute Gasteiger partial charge is 0.171 e. The van der Waals surface area contributed by atoms with Gasteiger partial charge in [0.15, 0.2) is 5.11 Å². The first-order valence-electron chi connectivity index (χ1n) is 7.81. The van der Waals surface area contributed by atoms with Gasteiger partial charge in [-0.3, -0.25) is 4.98 Å².